The number of carbonyl (C=O) groups is 1. The van der Waals surface area contributed by atoms with Crippen LogP contribution in [0.1, 0.15) is 16.1 Å². The number of furan rings is 1. The molecule has 6 heteroatoms. The monoisotopic (exact) mass is 233 g/mol. The molecule has 0 saturated heterocycles. The van der Waals surface area contributed by atoms with E-state index in [0.29, 0.717) is 12.4 Å². The van der Waals surface area contributed by atoms with Crippen LogP contribution in [0.15, 0.2) is 35.4 Å². The van der Waals surface area contributed by atoms with Crippen molar-refractivity contribution < 1.29 is 14.3 Å². The zero-order valence-electron chi connectivity index (χ0n) is 9.20. The average Bonchev–Trinajstić information content (AvgIpc) is 2.82. The maximum atomic E-state index is 10.6. The van der Waals surface area contributed by atoms with Gasteiger partial charge in [-0.3, -0.25) is 0 Å². The number of aromatic nitrogens is 2. The number of aromatic carboxylic acids is 1. The number of rotatable bonds is 4. The summed E-state index contributed by atoms with van der Waals surface area (Å²) in [6, 6.07) is 1.86. The van der Waals surface area contributed by atoms with Gasteiger partial charge in [0, 0.05) is 19.2 Å². The molecule has 6 nitrogen and oxygen atoms in total. The largest absolute Gasteiger partial charge is 0.476 e. The fourth-order valence-electron chi connectivity index (χ4n) is 1.37. The number of hydrogen-bond donors (Lipinski definition) is 1. The highest BCUT2D eigenvalue weighted by Gasteiger charge is 2.08. The molecule has 2 aromatic rings. The Bertz CT molecular complexity index is 493. The van der Waals surface area contributed by atoms with Crippen LogP contribution in [0.3, 0.4) is 0 Å². The summed E-state index contributed by atoms with van der Waals surface area (Å²) >= 11 is 0. The molecule has 2 rings (SSSR count). The van der Waals surface area contributed by atoms with Crippen LogP contribution in [0.4, 0.5) is 5.82 Å². The quantitative estimate of drug-likeness (QED) is 0.859. The number of carboxylic acid groups (broad SMARTS) is 1. The number of hydrogen-bond acceptors (Lipinski definition) is 5. The molecule has 2 aromatic heterocycles. The topological polar surface area (TPSA) is 79.5 Å². The number of anilines is 1. The van der Waals surface area contributed by atoms with E-state index in [0.717, 1.165) is 5.56 Å². The van der Waals surface area contributed by atoms with Crippen molar-refractivity contribution in [2.24, 2.45) is 0 Å². The van der Waals surface area contributed by atoms with Gasteiger partial charge in [-0.2, -0.15) is 0 Å². The highest BCUT2D eigenvalue weighted by Crippen LogP contribution is 2.11. The first-order chi connectivity index (χ1) is 8.16. The highest BCUT2D eigenvalue weighted by atomic mass is 16.4. The van der Waals surface area contributed by atoms with Crippen molar-refractivity contribution in [3.8, 4) is 0 Å². The predicted octanol–water partition coefficient (Wildman–Crippen LogP) is 1.40. The van der Waals surface area contributed by atoms with Crippen LogP contribution in [0.25, 0.3) is 0 Å². The van der Waals surface area contributed by atoms with Crippen molar-refractivity contribution >= 4 is 11.8 Å². The van der Waals surface area contributed by atoms with Gasteiger partial charge in [-0.25, -0.2) is 14.8 Å². The van der Waals surface area contributed by atoms with Gasteiger partial charge < -0.3 is 14.4 Å². The third-order valence-electron chi connectivity index (χ3n) is 2.25. The standard InChI is InChI=1S/C11H11N3O3/c1-14(6-8-2-3-17-7-8)10-5-12-9(4-13-10)11(15)16/h2-5,7H,6H2,1H3,(H,15,16). The molecule has 0 bridgehead atoms. The van der Waals surface area contributed by atoms with Crippen LogP contribution < -0.4 is 4.90 Å². The fourth-order valence-corrected chi connectivity index (χ4v) is 1.37. The maximum Gasteiger partial charge on any atom is 0.356 e. The van der Waals surface area contributed by atoms with Gasteiger partial charge in [0.1, 0.15) is 5.82 Å². The molecule has 1 N–H and O–H groups in total. The van der Waals surface area contributed by atoms with E-state index in [4.69, 9.17) is 9.52 Å². The van der Waals surface area contributed by atoms with E-state index in [1.165, 1.54) is 12.4 Å². The van der Waals surface area contributed by atoms with E-state index >= 15 is 0 Å². The van der Waals surface area contributed by atoms with Gasteiger partial charge >= 0.3 is 5.97 Å². The Morgan fingerprint density at radius 1 is 1.47 bits per heavy atom. The predicted molar refractivity (Wildman–Crippen MR) is 59.8 cm³/mol. The van der Waals surface area contributed by atoms with Crippen LogP contribution in [-0.4, -0.2) is 28.1 Å². The van der Waals surface area contributed by atoms with E-state index in [-0.39, 0.29) is 5.69 Å². The zero-order chi connectivity index (χ0) is 12.3. The van der Waals surface area contributed by atoms with Gasteiger partial charge in [0.2, 0.25) is 0 Å². The molecule has 17 heavy (non-hydrogen) atoms. The normalized spacial score (nSPS) is 10.2. The molecule has 0 unspecified atom stereocenters. The summed E-state index contributed by atoms with van der Waals surface area (Å²) in [5.41, 5.74) is 0.946. The fraction of sp³-hybridized carbons (Fsp3) is 0.182. The molecule has 2 heterocycles. The Balaban J connectivity index is 2.09. The minimum Gasteiger partial charge on any atom is -0.476 e. The Morgan fingerprint density at radius 3 is 2.82 bits per heavy atom. The first kappa shape index (κ1) is 11.1. The van der Waals surface area contributed by atoms with Crippen LogP contribution in [0.5, 0.6) is 0 Å². The third kappa shape index (κ3) is 2.60. The van der Waals surface area contributed by atoms with Crippen molar-refractivity contribution in [2.45, 2.75) is 6.54 Å². The lowest BCUT2D eigenvalue weighted by Crippen LogP contribution is -2.18. The van der Waals surface area contributed by atoms with Gasteiger partial charge in [0.15, 0.2) is 5.69 Å². The number of carboxylic acids is 1. The first-order valence-electron chi connectivity index (χ1n) is 4.94. The van der Waals surface area contributed by atoms with Gasteiger partial charge in [-0.1, -0.05) is 0 Å². The van der Waals surface area contributed by atoms with E-state index in [9.17, 15) is 4.79 Å². The van der Waals surface area contributed by atoms with E-state index in [1.807, 2.05) is 18.0 Å². The van der Waals surface area contributed by atoms with E-state index < -0.39 is 5.97 Å². The molecule has 0 amide bonds. The molecule has 0 atom stereocenters. The highest BCUT2D eigenvalue weighted by molar-refractivity contribution is 5.84. The first-order valence-corrected chi connectivity index (χ1v) is 4.94. The average molecular weight is 233 g/mol. The van der Waals surface area contributed by atoms with Gasteiger partial charge in [-0.05, 0) is 6.07 Å². The lowest BCUT2D eigenvalue weighted by Gasteiger charge is -2.16. The Kier molecular flexibility index (Phi) is 3.04. The van der Waals surface area contributed by atoms with Crippen molar-refractivity contribution in [1.82, 2.24) is 9.97 Å². The van der Waals surface area contributed by atoms with Crippen molar-refractivity contribution in [3.05, 3.63) is 42.2 Å². The van der Waals surface area contributed by atoms with Crippen LogP contribution in [-0.2, 0) is 6.54 Å². The zero-order valence-corrected chi connectivity index (χ0v) is 9.20. The Labute approximate surface area is 97.5 Å². The lowest BCUT2D eigenvalue weighted by molar-refractivity contribution is 0.0690. The third-order valence-corrected chi connectivity index (χ3v) is 2.25. The summed E-state index contributed by atoms with van der Waals surface area (Å²) in [4.78, 5) is 20.3. The second-order valence-electron chi connectivity index (χ2n) is 3.55. The van der Waals surface area contributed by atoms with E-state index in [1.54, 1.807) is 12.5 Å². The second-order valence-corrected chi connectivity index (χ2v) is 3.55. The Hall–Kier alpha value is -2.37. The molecule has 0 radical (unpaired) electrons. The van der Waals surface area contributed by atoms with Gasteiger partial charge in [0.05, 0.1) is 24.9 Å². The summed E-state index contributed by atoms with van der Waals surface area (Å²) in [5.74, 6) is -0.474. The molecular formula is C11H11N3O3. The van der Waals surface area contributed by atoms with Crippen molar-refractivity contribution in [2.75, 3.05) is 11.9 Å². The van der Waals surface area contributed by atoms with Gasteiger partial charge in [-0.15, -0.1) is 0 Å². The Morgan fingerprint density at radius 2 is 2.29 bits per heavy atom. The lowest BCUT2D eigenvalue weighted by atomic mass is 10.3. The van der Waals surface area contributed by atoms with Crippen molar-refractivity contribution in [1.29, 1.82) is 0 Å². The molecule has 0 aromatic carbocycles. The minimum absolute atomic E-state index is 0.0644. The SMILES string of the molecule is CN(Cc1ccoc1)c1cnc(C(=O)O)cn1. The molecule has 0 aliphatic heterocycles. The molecule has 0 spiro atoms. The molecule has 0 aliphatic carbocycles. The smallest absolute Gasteiger partial charge is 0.356 e. The second kappa shape index (κ2) is 4.65. The van der Waals surface area contributed by atoms with E-state index in [2.05, 4.69) is 9.97 Å². The van der Waals surface area contributed by atoms with Crippen molar-refractivity contribution in [3.63, 3.8) is 0 Å². The van der Waals surface area contributed by atoms with Crippen LogP contribution >= 0.6 is 0 Å². The summed E-state index contributed by atoms with van der Waals surface area (Å²) in [5, 5.41) is 8.69. The van der Waals surface area contributed by atoms with Crippen LogP contribution in [0, 0.1) is 0 Å². The summed E-state index contributed by atoms with van der Waals surface area (Å²) in [7, 11) is 1.84. The summed E-state index contributed by atoms with van der Waals surface area (Å²) in [6.07, 6.45) is 5.92. The summed E-state index contributed by atoms with van der Waals surface area (Å²) < 4.78 is 4.96. The molecule has 88 valence electrons. The molecular weight excluding hydrogens is 222 g/mol. The molecule has 0 aliphatic rings. The molecule has 0 fully saturated rings. The maximum absolute atomic E-state index is 10.6. The van der Waals surface area contributed by atoms with Crippen LogP contribution in [0.2, 0.25) is 0 Å². The van der Waals surface area contributed by atoms with Gasteiger partial charge in [0.25, 0.3) is 0 Å². The summed E-state index contributed by atoms with van der Waals surface area (Å²) in [6.45, 7) is 0.623. The molecule has 0 saturated carbocycles. The minimum atomic E-state index is -1.08. The number of nitrogens with zero attached hydrogens (tertiary/aromatic N) is 3.